The quantitative estimate of drug-likeness (QED) is 0.239. The number of esters is 1. The largest absolute Gasteiger partial charge is 0.497 e. The summed E-state index contributed by atoms with van der Waals surface area (Å²) in [7, 11) is 1.66. The van der Waals surface area contributed by atoms with Gasteiger partial charge in [0.25, 0.3) is 0 Å². The van der Waals surface area contributed by atoms with Crippen molar-refractivity contribution >= 4 is 11.7 Å². The van der Waals surface area contributed by atoms with Gasteiger partial charge in [-0.2, -0.15) is 0 Å². The van der Waals surface area contributed by atoms with Crippen molar-refractivity contribution in [1.82, 2.24) is 0 Å². The van der Waals surface area contributed by atoms with E-state index in [0.717, 1.165) is 28.1 Å². The van der Waals surface area contributed by atoms with Gasteiger partial charge in [0.05, 0.1) is 19.3 Å². The summed E-state index contributed by atoms with van der Waals surface area (Å²) < 4.78 is 24.3. The molecule has 0 bridgehead atoms. The van der Waals surface area contributed by atoms with E-state index < -0.39 is 23.8 Å². The van der Waals surface area contributed by atoms with Crippen molar-refractivity contribution in [3.63, 3.8) is 0 Å². The number of methoxy groups -OCH3 is 1. The molecular formula is C33H33NO5. The molecule has 39 heavy (non-hydrogen) atoms. The molecular weight excluding hydrogens is 490 g/mol. The third kappa shape index (κ3) is 6.24. The molecule has 5 rings (SSSR count). The highest BCUT2D eigenvalue weighted by molar-refractivity contribution is 5.89. The molecule has 200 valence electrons. The molecule has 0 spiro atoms. The van der Waals surface area contributed by atoms with Gasteiger partial charge in [0.1, 0.15) is 23.2 Å². The monoisotopic (exact) mass is 523 g/mol. The van der Waals surface area contributed by atoms with Crippen LogP contribution >= 0.6 is 0 Å². The number of nitrogens with one attached hydrogen (secondary N) is 1. The standard InChI is InChI=1S/C33H33NO5/c1-33(2)31(38-32(35)25-12-8-5-9-13-25)30(37-22-24-10-6-4-7-11-24)28-20-26(16-19-29(28)39-33)34-21-23-14-17-27(36-3)18-15-23/h4-20,30-31,34H,21-22H2,1-3H3. The van der Waals surface area contributed by atoms with Gasteiger partial charge in [-0.3, -0.25) is 0 Å². The highest BCUT2D eigenvalue weighted by atomic mass is 16.6. The molecule has 0 amide bonds. The van der Waals surface area contributed by atoms with E-state index in [4.69, 9.17) is 18.9 Å². The number of anilines is 1. The molecule has 0 saturated carbocycles. The Balaban J connectivity index is 1.43. The minimum atomic E-state index is -0.823. The zero-order chi connectivity index (χ0) is 27.2. The lowest BCUT2D eigenvalue weighted by atomic mass is 9.87. The molecule has 1 N–H and O–H groups in total. The topological polar surface area (TPSA) is 66.0 Å². The smallest absolute Gasteiger partial charge is 0.338 e. The van der Waals surface area contributed by atoms with Crippen molar-refractivity contribution in [3.8, 4) is 11.5 Å². The highest BCUT2D eigenvalue weighted by Crippen LogP contribution is 2.45. The van der Waals surface area contributed by atoms with Crippen molar-refractivity contribution in [2.24, 2.45) is 0 Å². The number of benzene rings is 4. The molecule has 1 aliphatic rings. The summed E-state index contributed by atoms with van der Waals surface area (Å²) in [5.74, 6) is 1.12. The number of hydrogen-bond donors (Lipinski definition) is 1. The Morgan fingerprint density at radius 1 is 0.872 bits per heavy atom. The fourth-order valence-electron chi connectivity index (χ4n) is 4.69. The molecule has 0 aromatic heterocycles. The first-order chi connectivity index (χ1) is 18.9. The van der Waals surface area contributed by atoms with E-state index in [1.54, 1.807) is 19.2 Å². The zero-order valence-corrected chi connectivity index (χ0v) is 22.4. The minimum absolute atomic E-state index is 0.365. The molecule has 0 fully saturated rings. The van der Waals surface area contributed by atoms with E-state index in [9.17, 15) is 4.79 Å². The van der Waals surface area contributed by atoms with Gasteiger partial charge in [0, 0.05) is 17.8 Å². The van der Waals surface area contributed by atoms with Gasteiger partial charge in [-0.15, -0.1) is 0 Å². The number of hydrogen-bond acceptors (Lipinski definition) is 6. The second-order valence-corrected chi connectivity index (χ2v) is 10.1. The molecule has 0 saturated heterocycles. The van der Waals surface area contributed by atoms with Crippen LogP contribution in [0.15, 0.2) is 103 Å². The van der Waals surface area contributed by atoms with Gasteiger partial charge in [0.2, 0.25) is 0 Å². The number of ether oxygens (including phenoxy) is 4. The molecule has 2 unspecified atom stereocenters. The second-order valence-electron chi connectivity index (χ2n) is 10.1. The maximum Gasteiger partial charge on any atom is 0.338 e. The van der Waals surface area contributed by atoms with Crippen molar-refractivity contribution in [2.45, 2.75) is 44.8 Å². The SMILES string of the molecule is COc1ccc(CNc2ccc3c(c2)C(OCc2ccccc2)C(OC(=O)c2ccccc2)C(C)(C)O3)cc1. The molecule has 1 heterocycles. The molecule has 1 aliphatic heterocycles. The minimum Gasteiger partial charge on any atom is -0.497 e. The van der Waals surface area contributed by atoms with Crippen molar-refractivity contribution in [1.29, 1.82) is 0 Å². The maximum absolute atomic E-state index is 13.1. The molecule has 0 aliphatic carbocycles. The summed E-state index contributed by atoms with van der Waals surface area (Å²) in [5.41, 5.74) is 3.56. The first-order valence-electron chi connectivity index (χ1n) is 13.0. The predicted molar refractivity (Wildman–Crippen MR) is 151 cm³/mol. The summed E-state index contributed by atoms with van der Waals surface area (Å²) in [6, 6.07) is 32.9. The number of carbonyl (C=O) groups is 1. The highest BCUT2D eigenvalue weighted by Gasteiger charge is 2.47. The zero-order valence-electron chi connectivity index (χ0n) is 22.4. The van der Waals surface area contributed by atoms with Crippen LogP contribution in [0.3, 0.4) is 0 Å². The Bertz CT molecular complexity index is 1390. The van der Waals surface area contributed by atoms with Crippen LogP contribution in [0.2, 0.25) is 0 Å². The van der Waals surface area contributed by atoms with Crippen LogP contribution in [0, 0.1) is 0 Å². The first kappa shape index (κ1) is 26.3. The Labute approximate surface area is 229 Å². The summed E-state index contributed by atoms with van der Waals surface area (Å²) >= 11 is 0. The lowest BCUT2D eigenvalue weighted by Crippen LogP contribution is -2.51. The fraction of sp³-hybridized carbons (Fsp3) is 0.242. The van der Waals surface area contributed by atoms with Gasteiger partial charge in [-0.05, 0) is 67.4 Å². The van der Waals surface area contributed by atoms with Crippen LogP contribution < -0.4 is 14.8 Å². The van der Waals surface area contributed by atoms with E-state index in [1.165, 1.54) is 0 Å². The second kappa shape index (κ2) is 11.6. The summed E-state index contributed by atoms with van der Waals surface area (Å²) in [5, 5.41) is 3.49. The first-order valence-corrected chi connectivity index (χ1v) is 13.0. The van der Waals surface area contributed by atoms with Gasteiger partial charge >= 0.3 is 5.97 Å². The van der Waals surface area contributed by atoms with Gasteiger partial charge < -0.3 is 24.3 Å². The van der Waals surface area contributed by atoms with E-state index in [-0.39, 0.29) is 0 Å². The van der Waals surface area contributed by atoms with Gasteiger partial charge in [-0.25, -0.2) is 4.79 Å². The normalized spacial score (nSPS) is 17.4. The molecule has 2 atom stereocenters. The predicted octanol–water partition coefficient (Wildman–Crippen LogP) is 6.96. The Hall–Kier alpha value is -4.29. The lowest BCUT2D eigenvalue weighted by molar-refractivity contribution is -0.143. The van der Waals surface area contributed by atoms with Crippen LogP contribution in [0.1, 0.15) is 47.0 Å². The number of carbonyl (C=O) groups excluding carboxylic acids is 1. The van der Waals surface area contributed by atoms with Crippen molar-refractivity contribution in [2.75, 3.05) is 12.4 Å². The molecule has 6 nitrogen and oxygen atoms in total. The average molecular weight is 524 g/mol. The summed E-state index contributed by atoms with van der Waals surface area (Å²) in [6.07, 6.45) is -1.22. The van der Waals surface area contributed by atoms with Crippen LogP contribution in [0.25, 0.3) is 0 Å². The third-order valence-electron chi connectivity index (χ3n) is 6.82. The van der Waals surface area contributed by atoms with E-state index >= 15 is 0 Å². The van der Waals surface area contributed by atoms with E-state index in [0.29, 0.717) is 24.5 Å². The molecule has 4 aromatic rings. The van der Waals surface area contributed by atoms with E-state index in [2.05, 4.69) is 5.32 Å². The lowest BCUT2D eigenvalue weighted by Gasteiger charge is -2.43. The van der Waals surface area contributed by atoms with Crippen molar-refractivity contribution in [3.05, 3.63) is 125 Å². The van der Waals surface area contributed by atoms with Crippen LogP contribution in [0.5, 0.6) is 11.5 Å². The molecule has 4 aromatic carbocycles. The number of rotatable bonds is 9. The Morgan fingerprint density at radius 2 is 1.56 bits per heavy atom. The maximum atomic E-state index is 13.1. The van der Waals surface area contributed by atoms with Gasteiger partial charge in [-0.1, -0.05) is 60.7 Å². The average Bonchev–Trinajstić information content (AvgIpc) is 2.97. The van der Waals surface area contributed by atoms with Crippen LogP contribution in [-0.4, -0.2) is 24.8 Å². The molecule has 6 heteroatoms. The Kier molecular flexibility index (Phi) is 7.84. The summed E-state index contributed by atoms with van der Waals surface area (Å²) in [4.78, 5) is 13.1. The third-order valence-corrected chi connectivity index (χ3v) is 6.82. The van der Waals surface area contributed by atoms with Crippen LogP contribution in [-0.2, 0) is 22.6 Å². The van der Waals surface area contributed by atoms with E-state index in [1.807, 2.05) is 105 Å². The molecule has 0 radical (unpaired) electrons. The summed E-state index contributed by atoms with van der Waals surface area (Å²) in [6.45, 7) is 4.85. The van der Waals surface area contributed by atoms with Gasteiger partial charge in [0.15, 0.2) is 6.10 Å². The Morgan fingerprint density at radius 3 is 2.26 bits per heavy atom. The fourth-order valence-corrected chi connectivity index (χ4v) is 4.69. The van der Waals surface area contributed by atoms with Crippen molar-refractivity contribution < 1.29 is 23.7 Å². The number of fused-ring (bicyclic) bond motifs is 1. The van der Waals surface area contributed by atoms with Crippen LogP contribution in [0.4, 0.5) is 5.69 Å².